The van der Waals surface area contributed by atoms with Gasteiger partial charge in [0, 0.05) is 5.56 Å². The molecular formula is C21H23N7O2S. The molecule has 1 atom stereocenters. The number of hydrogen-bond acceptors (Lipinski definition) is 7. The number of carbonyl (C=O) groups is 1. The molecule has 2 aromatic heterocycles. The minimum Gasteiger partial charge on any atom is -0.484 e. The highest BCUT2D eigenvalue weighted by atomic mass is 32.2. The Morgan fingerprint density at radius 3 is 2.74 bits per heavy atom. The highest BCUT2D eigenvalue weighted by molar-refractivity contribution is 7.98. The number of hydrogen-bond donors (Lipinski definition) is 2. The van der Waals surface area contributed by atoms with Crippen molar-refractivity contribution < 1.29 is 9.53 Å². The number of benzene rings is 2. The van der Waals surface area contributed by atoms with Gasteiger partial charge in [-0.15, -0.1) is 10.2 Å². The van der Waals surface area contributed by atoms with Gasteiger partial charge in [0.15, 0.2) is 6.61 Å². The number of amides is 1. The number of ether oxygens (including phenoxy) is 1. The maximum atomic E-state index is 12.6. The number of tetrazole rings is 1. The molecule has 0 unspecified atom stereocenters. The standard InChI is InChI=1S/C21H23N7O2S/c1-28-26-20(25-27-28)14-7-9-15(10-8-14)30-13-19(29)22-18(11-12-31-2)21-23-16-5-3-4-6-17(16)24-21/h3-10,18H,11-13H2,1-2H3,(H,22,29)(H,23,24)/t18-/m1/s1. The Labute approximate surface area is 183 Å². The van der Waals surface area contributed by atoms with E-state index in [1.165, 1.54) is 4.80 Å². The van der Waals surface area contributed by atoms with Crippen molar-refractivity contribution in [1.29, 1.82) is 0 Å². The number of nitrogens with one attached hydrogen (secondary N) is 2. The van der Waals surface area contributed by atoms with E-state index in [0.29, 0.717) is 11.6 Å². The predicted octanol–water partition coefficient (Wildman–Crippen LogP) is 2.74. The molecule has 0 bridgehead atoms. The Morgan fingerprint density at radius 2 is 2.03 bits per heavy atom. The van der Waals surface area contributed by atoms with Crippen LogP contribution in [0.4, 0.5) is 0 Å². The summed E-state index contributed by atoms with van der Waals surface area (Å²) in [5.41, 5.74) is 2.66. The number of aromatic amines is 1. The van der Waals surface area contributed by atoms with Crippen molar-refractivity contribution in [2.24, 2.45) is 7.05 Å². The summed E-state index contributed by atoms with van der Waals surface area (Å²) < 4.78 is 5.65. The van der Waals surface area contributed by atoms with E-state index in [4.69, 9.17) is 4.74 Å². The van der Waals surface area contributed by atoms with Gasteiger partial charge in [0.2, 0.25) is 5.82 Å². The number of imidazole rings is 1. The molecule has 0 saturated carbocycles. The fourth-order valence-electron chi connectivity index (χ4n) is 3.14. The zero-order valence-corrected chi connectivity index (χ0v) is 18.1. The van der Waals surface area contributed by atoms with Crippen molar-refractivity contribution in [3.05, 3.63) is 54.4 Å². The first kappa shape index (κ1) is 20.9. The van der Waals surface area contributed by atoms with Gasteiger partial charge in [0.25, 0.3) is 5.91 Å². The summed E-state index contributed by atoms with van der Waals surface area (Å²) in [5.74, 6) is 2.58. The number of thioether (sulfide) groups is 1. The lowest BCUT2D eigenvalue weighted by Gasteiger charge is -2.16. The van der Waals surface area contributed by atoms with Crippen LogP contribution in [0.5, 0.6) is 5.75 Å². The fraction of sp³-hybridized carbons (Fsp3) is 0.286. The zero-order chi connectivity index (χ0) is 21.6. The lowest BCUT2D eigenvalue weighted by molar-refractivity contribution is -0.123. The Kier molecular flexibility index (Phi) is 6.46. The summed E-state index contributed by atoms with van der Waals surface area (Å²) in [6.45, 7) is -0.0846. The number of nitrogens with zero attached hydrogens (tertiary/aromatic N) is 5. The molecule has 2 heterocycles. The van der Waals surface area contributed by atoms with Crippen molar-refractivity contribution in [2.75, 3.05) is 18.6 Å². The highest BCUT2D eigenvalue weighted by Gasteiger charge is 2.18. The number of rotatable bonds is 9. The summed E-state index contributed by atoms with van der Waals surface area (Å²) in [5, 5.41) is 15.0. The van der Waals surface area contributed by atoms with Gasteiger partial charge in [-0.05, 0) is 60.0 Å². The molecule has 0 aliphatic rings. The number of carbonyl (C=O) groups excluding carboxylic acids is 1. The van der Waals surface area contributed by atoms with E-state index < -0.39 is 0 Å². The van der Waals surface area contributed by atoms with Crippen LogP contribution >= 0.6 is 11.8 Å². The summed E-state index contributed by atoms with van der Waals surface area (Å²) in [7, 11) is 1.71. The quantitative estimate of drug-likeness (QED) is 0.414. The van der Waals surface area contributed by atoms with Crippen molar-refractivity contribution >= 4 is 28.7 Å². The van der Waals surface area contributed by atoms with Crippen LogP contribution in [-0.4, -0.2) is 54.7 Å². The number of para-hydroxylation sites is 2. The van der Waals surface area contributed by atoms with Crippen LogP contribution in [0.1, 0.15) is 18.3 Å². The van der Waals surface area contributed by atoms with Crippen molar-refractivity contribution in [2.45, 2.75) is 12.5 Å². The lowest BCUT2D eigenvalue weighted by atomic mass is 10.2. The van der Waals surface area contributed by atoms with Crippen LogP contribution in [0.2, 0.25) is 0 Å². The summed E-state index contributed by atoms with van der Waals surface area (Å²) in [6, 6.07) is 14.9. The number of aromatic nitrogens is 6. The third-order valence-corrected chi connectivity index (χ3v) is 5.32. The van der Waals surface area contributed by atoms with Crippen LogP contribution in [0, 0.1) is 0 Å². The van der Waals surface area contributed by atoms with Crippen LogP contribution in [0.3, 0.4) is 0 Å². The average molecular weight is 438 g/mol. The van der Waals surface area contributed by atoms with E-state index in [-0.39, 0.29) is 18.6 Å². The van der Waals surface area contributed by atoms with Gasteiger partial charge < -0.3 is 15.0 Å². The fourth-order valence-corrected chi connectivity index (χ4v) is 3.61. The largest absolute Gasteiger partial charge is 0.484 e. The third-order valence-electron chi connectivity index (χ3n) is 4.67. The van der Waals surface area contributed by atoms with Gasteiger partial charge in [0.1, 0.15) is 11.6 Å². The summed E-state index contributed by atoms with van der Waals surface area (Å²) >= 11 is 1.73. The molecule has 4 aromatic rings. The van der Waals surface area contributed by atoms with Crippen molar-refractivity contribution in [3.63, 3.8) is 0 Å². The number of fused-ring (bicyclic) bond motifs is 1. The molecule has 0 saturated heterocycles. The van der Waals surface area contributed by atoms with Crippen LogP contribution in [-0.2, 0) is 11.8 Å². The molecule has 2 aromatic carbocycles. The Hall–Kier alpha value is -3.40. The minimum atomic E-state index is -0.207. The van der Waals surface area contributed by atoms with E-state index in [1.807, 2.05) is 42.7 Å². The molecule has 0 radical (unpaired) electrons. The first-order valence-electron chi connectivity index (χ1n) is 9.82. The van der Waals surface area contributed by atoms with Gasteiger partial charge in [-0.3, -0.25) is 4.79 Å². The first-order valence-corrected chi connectivity index (χ1v) is 11.2. The van der Waals surface area contributed by atoms with Gasteiger partial charge in [-0.2, -0.15) is 16.6 Å². The van der Waals surface area contributed by atoms with Crippen molar-refractivity contribution in [1.82, 2.24) is 35.5 Å². The smallest absolute Gasteiger partial charge is 0.258 e. The van der Waals surface area contributed by atoms with E-state index >= 15 is 0 Å². The Bertz CT molecular complexity index is 1120. The van der Waals surface area contributed by atoms with Gasteiger partial charge >= 0.3 is 0 Å². The Morgan fingerprint density at radius 1 is 1.23 bits per heavy atom. The highest BCUT2D eigenvalue weighted by Crippen LogP contribution is 2.21. The minimum absolute atomic E-state index is 0.0846. The maximum absolute atomic E-state index is 12.6. The monoisotopic (exact) mass is 437 g/mol. The Balaban J connectivity index is 1.37. The van der Waals surface area contributed by atoms with Gasteiger partial charge in [0.05, 0.1) is 24.1 Å². The molecule has 2 N–H and O–H groups in total. The van der Waals surface area contributed by atoms with E-state index in [2.05, 4.69) is 30.7 Å². The van der Waals surface area contributed by atoms with Crippen LogP contribution < -0.4 is 10.1 Å². The topological polar surface area (TPSA) is 111 Å². The molecule has 9 nitrogen and oxygen atoms in total. The molecule has 160 valence electrons. The summed E-state index contributed by atoms with van der Waals surface area (Å²) in [6.07, 6.45) is 2.81. The second-order valence-electron chi connectivity index (χ2n) is 6.96. The molecule has 10 heteroatoms. The lowest BCUT2D eigenvalue weighted by Crippen LogP contribution is -2.33. The summed E-state index contributed by atoms with van der Waals surface area (Å²) in [4.78, 5) is 21.9. The van der Waals surface area contributed by atoms with Crippen LogP contribution in [0.15, 0.2) is 48.5 Å². The first-order chi connectivity index (χ1) is 15.1. The zero-order valence-electron chi connectivity index (χ0n) is 17.3. The van der Waals surface area contributed by atoms with E-state index in [1.54, 1.807) is 30.9 Å². The molecule has 1 amide bonds. The normalized spacial score (nSPS) is 12.1. The molecule has 4 rings (SSSR count). The van der Waals surface area contributed by atoms with Crippen LogP contribution in [0.25, 0.3) is 22.4 Å². The number of H-pyrrole nitrogens is 1. The van der Waals surface area contributed by atoms with Gasteiger partial charge in [-0.25, -0.2) is 4.98 Å². The molecule has 0 spiro atoms. The number of aryl methyl sites for hydroxylation is 1. The average Bonchev–Trinajstić information content (AvgIpc) is 3.41. The molecule has 0 aliphatic heterocycles. The molecule has 0 fully saturated rings. The van der Waals surface area contributed by atoms with Gasteiger partial charge in [-0.1, -0.05) is 12.1 Å². The third kappa shape index (κ3) is 5.21. The van der Waals surface area contributed by atoms with Crippen molar-refractivity contribution in [3.8, 4) is 17.1 Å². The van der Waals surface area contributed by atoms with E-state index in [9.17, 15) is 4.79 Å². The second-order valence-corrected chi connectivity index (χ2v) is 7.94. The second kappa shape index (κ2) is 9.61. The molecule has 0 aliphatic carbocycles. The van der Waals surface area contributed by atoms with E-state index in [0.717, 1.165) is 34.6 Å². The predicted molar refractivity (Wildman–Crippen MR) is 120 cm³/mol. The SMILES string of the molecule is CSCC[C@@H](NC(=O)COc1ccc(-c2nnn(C)n2)cc1)c1nc2ccccc2[nH]1. The maximum Gasteiger partial charge on any atom is 0.258 e. The molecule has 31 heavy (non-hydrogen) atoms. The molecular weight excluding hydrogens is 414 g/mol.